The Morgan fingerprint density at radius 3 is 2.94 bits per heavy atom. The molecule has 0 aliphatic heterocycles. The van der Waals surface area contributed by atoms with Crippen molar-refractivity contribution in [1.29, 1.82) is 0 Å². The number of nitrogens with zero attached hydrogens (tertiary/aromatic N) is 2. The van der Waals surface area contributed by atoms with Crippen molar-refractivity contribution in [3.05, 3.63) is 34.9 Å². The van der Waals surface area contributed by atoms with E-state index < -0.39 is 5.82 Å². The highest BCUT2D eigenvalue weighted by Gasteiger charge is 2.10. The van der Waals surface area contributed by atoms with Crippen molar-refractivity contribution in [1.82, 2.24) is 10.2 Å². The summed E-state index contributed by atoms with van der Waals surface area (Å²) in [6, 6.07) is 4.69. The van der Waals surface area contributed by atoms with E-state index in [1.807, 2.05) is 0 Å². The van der Waals surface area contributed by atoms with Crippen molar-refractivity contribution in [2.75, 3.05) is 11.2 Å². The third kappa shape index (κ3) is 2.87. The first-order valence-corrected chi connectivity index (χ1v) is 5.71. The van der Waals surface area contributed by atoms with Gasteiger partial charge in [-0.3, -0.25) is 0 Å². The normalized spacial score (nSPS) is 10.5. The van der Waals surface area contributed by atoms with Gasteiger partial charge in [0, 0.05) is 12.3 Å². The van der Waals surface area contributed by atoms with Crippen molar-refractivity contribution >= 4 is 34.9 Å². The average molecular weight is 276 g/mol. The maximum atomic E-state index is 13.5. The molecule has 2 aromatic rings. The molecule has 0 bridgehead atoms. The van der Waals surface area contributed by atoms with E-state index in [1.54, 1.807) is 6.07 Å². The fourth-order valence-electron chi connectivity index (χ4n) is 1.20. The molecule has 4 nitrogen and oxygen atoms in total. The largest absolute Gasteiger partial charge is 0.408 e. The molecule has 0 saturated carbocycles. The second-order valence-corrected chi connectivity index (χ2v) is 3.95. The number of aromatic nitrogens is 2. The Morgan fingerprint density at radius 1 is 1.35 bits per heavy atom. The van der Waals surface area contributed by atoms with E-state index in [-0.39, 0.29) is 16.7 Å². The monoisotopic (exact) mass is 275 g/mol. The summed E-state index contributed by atoms with van der Waals surface area (Å²) in [6.45, 7) is 0. The average Bonchev–Trinajstić information content (AvgIpc) is 2.73. The smallest absolute Gasteiger partial charge is 0.320 e. The van der Waals surface area contributed by atoms with Gasteiger partial charge in [0.25, 0.3) is 0 Å². The van der Waals surface area contributed by atoms with Gasteiger partial charge < -0.3 is 9.73 Å². The van der Waals surface area contributed by atoms with Gasteiger partial charge in [-0.15, -0.1) is 16.7 Å². The van der Waals surface area contributed by atoms with Gasteiger partial charge in [0.15, 0.2) is 5.82 Å². The van der Waals surface area contributed by atoms with E-state index in [0.717, 1.165) is 0 Å². The molecule has 1 aromatic heterocycles. The van der Waals surface area contributed by atoms with Gasteiger partial charge >= 0.3 is 6.01 Å². The highest BCUT2D eigenvalue weighted by atomic mass is 35.5. The van der Waals surface area contributed by atoms with Gasteiger partial charge in [-0.1, -0.05) is 22.8 Å². The second-order valence-electron chi connectivity index (χ2n) is 3.17. The molecule has 1 heterocycles. The lowest BCUT2D eigenvalue weighted by Crippen LogP contribution is -1.94. The minimum atomic E-state index is -0.564. The molecule has 2 rings (SSSR count). The lowest BCUT2D eigenvalue weighted by Gasteiger charge is -2.03. The maximum absolute atomic E-state index is 13.5. The first kappa shape index (κ1) is 12.1. The standard InChI is InChI=1S/C10H8Cl2FN3O/c11-5-4-8-15-16-10(17-8)14-7-3-1-2-6(12)9(7)13/h1-3H,4-5H2,(H,14,16). The van der Waals surface area contributed by atoms with Crippen LogP contribution in [0.1, 0.15) is 5.89 Å². The van der Waals surface area contributed by atoms with Crippen LogP contribution in [0.15, 0.2) is 22.6 Å². The van der Waals surface area contributed by atoms with Crippen molar-refractivity contribution < 1.29 is 8.81 Å². The molecule has 0 radical (unpaired) electrons. The molecule has 0 fully saturated rings. The minimum absolute atomic E-state index is 0.0236. The Balaban J connectivity index is 2.16. The van der Waals surface area contributed by atoms with Crippen LogP contribution in [-0.2, 0) is 6.42 Å². The van der Waals surface area contributed by atoms with Crippen molar-refractivity contribution in [2.24, 2.45) is 0 Å². The Hall–Kier alpha value is -1.33. The van der Waals surface area contributed by atoms with Crippen LogP contribution < -0.4 is 5.32 Å². The van der Waals surface area contributed by atoms with E-state index >= 15 is 0 Å². The molecular weight excluding hydrogens is 268 g/mol. The Labute approximate surface area is 107 Å². The molecule has 90 valence electrons. The van der Waals surface area contributed by atoms with E-state index in [0.29, 0.717) is 18.2 Å². The number of aryl methyl sites for hydroxylation is 1. The Morgan fingerprint density at radius 2 is 2.18 bits per heavy atom. The maximum Gasteiger partial charge on any atom is 0.320 e. The Bertz CT molecular complexity index is 518. The van der Waals surface area contributed by atoms with Crippen LogP contribution >= 0.6 is 23.2 Å². The highest BCUT2D eigenvalue weighted by Crippen LogP contribution is 2.24. The number of halogens is 3. The predicted molar refractivity (Wildman–Crippen MR) is 63.4 cm³/mol. The predicted octanol–water partition coefficient (Wildman–Crippen LogP) is 3.39. The highest BCUT2D eigenvalue weighted by molar-refractivity contribution is 6.31. The molecule has 0 aliphatic rings. The molecule has 1 N–H and O–H groups in total. The van der Waals surface area contributed by atoms with Crippen LogP contribution in [0.4, 0.5) is 16.1 Å². The molecular formula is C10H8Cl2FN3O. The fraction of sp³-hybridized carbons (Fsp3) is 0.200. The summed E-state index contributed by atoms with van der Waals surface area (Å²) in [5.41, 5.74) is 0.179. The summed E-state index contributed by atoms with van der Waals surface area (Å²) in [5.74, 6) is 0.212. The molecule has 0 aliphatic carbocycles. The van der Waals surface area contributed by atoms with Gasteiger partial charge in [-0.25, -0.2) is 4.39 Å². The summed E-state index contributed by atoms with van der Waals surface area (Å²) in [6.07, 6.45) is 0.467. The number of anilines is 2. The van der Waals surface area contributed by atoms with Crippen LogP contribution in [0, 0.1) is 5.82 Å². The lowest BCUT2D eigenvalue weighted by atomic mass is 10.3. The quantitative estimate of drug-likeness (QED) is 0.869. The first-order chi connectivity index (χ1) is 8.20. The third-order valence-electron chi connectivity index (χ3n) is 1.97. The minimum Gasteiger partial charge on any atom is -0.408 e. The number of rotatable bonds is 4. The van der Waals surface area contributed by atoms with Crippen molar-refractivity contribution in [3.63, 3.8) is 0 Å². The number of nitrogens with one attached hydrogen (secondary N) is 1. The summed E-state index contributed by atoms with van der Waals surface area (Å²) >= 11 is 11.2. The van der Waals surface area contributed by atoms with E-state index in [4.69, 9.17) is 27.6 Å². The van der Waals surface area contributed by atoms with Crippen LogP contribution in [0.2, 0.25) is 5.02 Å². The molecule has 17 heavy (non-hydrogen) atoms. The van der Waals surface area contributed by atoms with Gasteiger partial charge in [-0.05, 0) is 12.1 Å². The van der Waals surface area contributed by atoms with E-state index in [9.17, 15) is 4.39 Å². The molecule has 1 aromatic carbocycles. The van der Waals surface area contributed by atoms with Gasteiger partial charge in [0.2, 0.25) is 5.89 Å². The van der Waals surface area contributed by atoms with Gasteiger partial charge in [0.1, 0.15) is 0 Å². The van der Waals surface area contributed by atoms with Crippen molar-refractivity contribution in [2.45, 2.75) is 6.42 Å². The lowest BCUT2D eigenvalue weighted by molar-refractivity contribution is 0.515. The number of alkyl halides is 1. The molecule has 0 saturated heterocycles. The molecule has 0 amide bonds. The summed E-state index contributed by atoms with van der Waals surface area (Å²) in [4.78, 5) is 0. The summed E-state index contributed by atoms with van der Waals surface area (Å²) in [5, 5.41) is 10.1. The fourth-order valence-corrected chi connectivity index (χ4v) is 1.54. The Kier molecular flexibility index (Phi) is 3.81. The van der Waals surface area contributed by atoms with Crippen LogP contribution in [0.25, 0.3) is 0 Å². The second kappa shape index (κ2) is 5.33. The van der Waals surface area contributed by atoms with Gasteiger partial charge in [-0.2, -0.15) is 0 Å². The zero-order chi connectivity index (χ0) is 12.3. The van der Waals surface area contributed by atoms with Crippen LogP contribution in [-0.4, -0.2) is 16.1 Å². The SMILES string of the molecule is Fc1c(Cl)cccc1Nc1nnc(CCCl)o1. The zero-order valence-electron chi connectivity index (χ0n) is 8.58. The molecule has 7 heteroatoms. The summed E-state index contributed by atoms with van der Waals surface area (Å²) < 4.78 is 18.7. The number of hydrogen-bond acceptors (Lipinski definition) is 4. The molecule has 0 atom stereocenters. The first-order valence-electron chi connectivity index (χ1n) is 4.80. The van der Waals surface area contributed by atoms with E-state index in [2.05, 4.69) is 15.5 Å². The van der Waals surface area contributed by atoms with Gasteiger partial charge in [0.05, 0.1) is 10.7 Å². The number of benzene rings is 1. The van der Waals surface area contributed by atoms with E-state index in [1.165, 1.54) is 12.1 Å². The molecule has 0 unspecified atom stereocenters. The van der Waals surface area contributed by atoms with Crippen LogP contribution in [0.3, 0.4) is 0 Å². The summed E-state index contributed by atoms with van der Waals surface area (Å²) in [7, 11) is 0. The topological polar surface area (TPSA) is 51.0 Å². The zero-order valence-corrected chi connectivity index (χ0v) is 10.1. The third-order valence-corrected chi connectivity index (χ3v) is 2.45. The van der Waals surface area contributed by atoms with Crippen molar-refractivity contribution in [3.8, 4) is 0 Å². The molecule has 0 spiro atoms. The van der Waals surface area contributed by atoms with Crippen LogP contribution in [0.5, 0.6) is 0 Å². The number of hydrogen-bond donors (Lipinski definition) is 1.